The van der Waals surface area contributed by atoms with Gasteiger partial charge in [-0.25, -0.2) is 4.79 Å². The van der Waals surface area contributed by atoms with Crippen LogP contribution in [0.4, 0.5) is 4.79 Å². The average Bonchev–Trinajstić information content (AvgIpc) is 2.54. The quantitative estimate of drug-likeness (QED) is 0.346. The molecule has 2 amide bonds. The number of hydrogen-bond donors (Lipinski definition) is 7. The number of urea groups is 1. The highest BCUT2D eigenvalue weighted by molar-refractivity contribution is 5.74. The third kappa shape index (κ3) is 6.52. The number of carbonyl (C=O) groups excluding carboxylic acids is 1. The smallest absolute Gasteiger partial charge is 0.317 e. The van der Waals surface area contributed by atoms with E-state index in [4.69, 9.17) is 5.11 Å². The molecule has 4 atom stereocenters. The number of rotatable bonds is 6. The Bertz CT molecular complexity index is 390. The predicted molar refractivity (Wildman–Crippen MR) is 92.1 cm³/mol. The van der Waals surface area contributed by atoms with Gasteiger partial charge in [-0.05, 0) is 44.9 Å². The fourth-order valence-electron chi connectivity index (χ4n) is 3.35. The molecule has 2 fully saturated rings. The minimum absolute atomic E-state index is 0.0386. The van der Waals surface area contributed by atoms with E-state index < -0.39 is 6.10 Å². The van der Waals surface area contributed by atoms with Gasteiger partial charge in [0.05, 0.1) is 18.9 Å². The molecule has 1 aliphatic heterocycles. The van der Waals surface area contributed by atoms with Crippen LogP contribution in [0.25, 0.3) is 0 Å². The van der Waals surface area contributed by atoms with Crippen LogP contribution >= 0.6 is 0 Å². The molecule has 0 aromatic heterocycles. The van der Waals surface area contributed by atoms with Gasteiger partial charge in [0.2, 0.25) is 0 Å². The molecule has 2 aliphatic rings. The number of aliphatic hydroxyl groups excluding tert-OH is 2. The van der Waals surface area contributed by atoms with E-state index in [9.17, 15) is 9.90 Å². The first-order valence-electron chi connectivity index (χ1n) is 9.07. The topological polar surface area (TPSA) is 118 Å². The summed E-state index contributed by atoms with van der Waals surface area (Å²) in [5, 5.41) is 34.0. The normalized spacial score (nSPS) is 35.2. The highest BCUT2D eigenvalue weighted by atomic mass is 16.3. The molecule has 0 aromatic carbocycles. The zero-order valence-corrected chi connectivity index (χ0v) is 14.7. The molecule has 1 saturated carbocycles. The van der Waals surface area contributed by atoms with Crippen molar-refractivity contribution in [3.05, 3.63) is 0 Å². The van der Waals surface area contributed by atoms with Crippen molar-refractivity contribution in [1.29, 1.82) is 0 Å². The lowest BCUT2D eigenvalue weighted by molar-refractivity contribution is 0.0851. The van der Waals surface area contributed by atoms with Crippen LogP contribution in [0.2, 0.25) is 0 Å². The molecule has 24 heavy (non-hydrogen) atoms. The second-order valence-electron chi connectivity index (χ2n) is 7.27. The number of carbonyl (C=O) groups is 1. The fraction of sp³-hybridized carbons (Fsp3) is 0.938. The first-order valence-corrected chi connectivity index (χ1v) is 9.07. The van der Waals surface area contributed by atoms with Gasteiger partial charge in [0.25, 0.3) is 0 Å². The first kappa shape index (κ1) is 19.4. The molecule has 1 heterocycles. The van der Waals surface area contributed by atoms with Crippen molar-refractivity contribution in [2.75, 3.05) is 13.2 Å². The summed E-state index contributed by atoms with van der Waals surface area (Å²) in [7, 11) is 0. The zero-order valence-electron chi connectivity index (χ0n) is 14.7. The zero-order chi connectivity index (χ0) is 17.5. The first-order chi connectivity index (χ1) is 11.5. The van der Waals surface area contributed by atoms with E-state index in [0.717, 1.165) is 25.2 Å². The van der Waals surface area contributed by atoms with Crippen LogP contribution in [0, 0.1) is 5.92 Å². The van der Waals surface area contributed by atoms with Crippen LogP contribution in [0.5, 0.6) is 0 Å². The maximum absolute atomic E-state index is 12.2. The molecule has 2 rings (SSSR count). The maximum Gasteiger partial charge on any atom is 0.317 e. The third-order valence-corrected chi connectivity index (χ3v) is 4.85. The van der Waals surface area contributed by atoms with Crippen molar-refractivity contribution in [3.8, 4) is 0 Å². The van der Waals surface area contributed by atoms with E-state index >= 15 is 0 Å². The molecular weight excluding hydrogens is 310 g/mol. The van der Waals surface area contributed by atoms with Crippen LogP contribution in [-0.4, -0.2) is 60.0 Å². The molecule has 0 radical (unpaired) electrons. The van der Waals surface area contributed by atoms with Crippen molar-refractivity contribution in [2.24, 2.45) is 5.92 Å². The summed E-state index contributed by atoms with van der Waals surface area (Å²) < 4.78 is 0. The molecule has 1 saturated heterocycles. The van der Waals surface area contributed by atoms with Crippen LogP contribution in [0.3, 0.4) is 0 Å². The molecule has 4 unspecified atom stereocenters. The van der Waals surface area contributed by atoms with E-state index in [2.05, 4.69) is 33.5 Å². The molecule has 8 nitrogen and oxygen atoms in total. The van der Waals surface area contributed by atoms with E-state index in [1.54, 1.807) is 0 Å². The van der Waals surface area contributed by atoms with Gasteiger partial charge in [-0.3, -0.25) is 16.0 Å². The Labute approximate surface area is 144 Å². The van der Waals surface area contributed by atoms with Crippen LogP contribution < -0.4 is 26.6 Å². The number of nitrogens with one attached hydrogen (secondary N) is 5. The maximum atomic E-state index is 12.2. The highest BCUT2D eigenvalue weighted by Gasteiger charge is 2.27. The second-order valence-corrected chi connectivity index (χ2v) is 7.27. The van der Waals surface area contributed by atoms with Gasteiger partial charge in [-0.2, -0.15) is 0 Å². The molecule has 7 N–H and O–H groups in total. The Morgan fingerprint density at radius 2 is 1.88 bits per heavy atom. The van der Waals surface area contributed by atoms with Crippen molar-refractivity contribution in [3.63, 3.8) is 0 Å². The number of hydrogen-bond acceptors (Lipinski definition) is 6. The van der Waals surface area contributed by atoms with E-state index in [-0.39, 0.29) is 37.2 Å². The van der Waals surface area contributed by atoms with Crippen LogP contribution in [-0.2, 0) is 0 Å². The molecule has 0 spiro atoms. The highest BCUT2D eigenvalue weighted by Crippen LogP contribution is 2.23. The Balaban J connectivity index is 1.73. The van der Waals surface area contributed by atoms with E-state index in [1.807, 2.05) is 6.92 Å². The molecular formula is C16H33N5O3. The standard InChI is InChI=1S/C16H33N5O3/c1-10-3-5-12(6-4-10)19-16(24)21-15-18-11(2)7-14(20-15)17-8-13(23)9-22/h10-15,17-18,20,22-23H,3-9H2,1-2H3,(H2,19,21,24). The Morgan fingerprint density at radius 1 is 1.17 bits per heavy atom. The predicted octanol–water partition coefficient (Wildman–Crippen LogP) is -0.612. The summed E-state index contributed by atoms with van der Waals surface area (Å²) in [6.07, 6.45) is 4.09. The summed E-state index contributed by atoms with van der Waals surface area (Å²) in [4.78, 5) is 12.2. The summed E-state index contributed by atoms with van der Waals surface area (Å²) >= 11 is 0. The van der Waals surface area contributed by atoms with Crippen LogP contribution in [0.1, 0.15) is 46.0 Å². The summed E-state index contributed by atoms with van der Waals surface area (Å²) in [6.45, 7) is 4.35. The lowest BCUT2D eigenvalue weighted by atomic mass is 9.87. The molecule has 140 valence electrons. The monoisotopic (exact) mass is 343 g/mol. The van der Waals surface area contributed by atoms with Gasteiger partial charge in [0.15, 0.2) is 0 Å². The van der Waals surface area contributed by atoms with E-state index in [1.165, 1.54) is 12.8 Å². The lowest BCUT2D eigenvalue weighted by Gasteiger charge is -2.37. The fourth-order valence-corrected chi connectivity index (χ4v) is 3.35. The van der Waals surface area contributed by atoms with Gasteiger partial charge in [0, 0.05) is 18.6 Å². The van der Waals surface area contributed by atoms with Crippen molar-refractivity contribution >= 4 is 6.03 Å². The lowest BCUT2D eigenvalue weighted by Crippen LogP contribution is -2.68. The van der Waals surface area contributed by atoms with E-state index in [0.29, 0.717) is 6.54 Å². The minimum atomic E-state index is -0.777. The van der Waals surface area contributed by atoms with Gasteiger partial charge in [-0.1, -0.05) is 6.92 Å². The summed E-state index contributed by atoms with van der Waals surface area (Å²) in [5.41, 5.74) is 0. The van der Waals surface area contributed by atoms with Crippen molar-refractivity contribution < 1.29 is 15.0 Å². The van der Waals surface area contributed by atoms with Crippen molar-refractivity contribution in [2.45, 2.75) is 76.6 Å². The summed E-state index contributed by atoms with van der Waals surface area (Å²) in [6, 6.07) is 0.314. The average molecular weight is 343 g/mol. The molecule has 0 bridgehead atoms. The summed E-state index contributed by atoms with van der Waals surface area (Å²) in [5.74, 6) is 0.759. The number of amides is 2. The van der Waals surface area contributed by atoms with Gasteiger partial charge in [0.1, 0.15) is 6.29 Å². The van der Waals surface area contributed by atoms with Crippen molar-refractivity contribution in [1.82, 2.24) is 26.6 Å². The molecule has 1 aliphatic carbocycles. The number of aliphatic hydroxyl groups is 2. The Kier molecular flexibility index (Phi) is 7.70. The molecule has 8 heteroatoms. The Hall–Kier alpha value is -0.930. The Morgan fingerprint density at radius 3 is 2.54 bits per heavy atom. The SMILES string of the molecule is CC1CCC(NC(=O)NC2NC(C)CC(NCC(O)CO)N2)CC1. The molecule has 0 aromatic rings. The third-order valence-electron chi connectivity index (χ3n) is 4.85. The van der Waals surface area contributed by atoms with Crippen LogP contribution in [0.15, 0.2) is 0 Å². The van der Waals surface area contributed by atoms with Gasteiger partial charge >= 0.3 is 6.03 Å². The largest absolute Gasteiger partial charge is 0.394 e. The van der Waals surface area contributed by atoms with Gasteiger partial charge < -0.3 is 20.8 Å². The minimum Gasteiger partial charge on any atom is -0.394 e. The second kappa shape index (κ2) is 9.53. The van der Waals surface area contributed by atoms with Gasteiger partial charge in [-0.15, -0.1) is 0 Å².